The van der Waals surface area contributed by atoms with E-state index in [4.69, 9.17) is 4.74 Å². The zero-order valence-corrected chi connectivity index (χ0v) is 20.9. The quantitative estimate of drug-likeness (QED) is 0.296. The molecule has 0 bridgehead atoms. The molecule has 35 heavy (non-hydrogen) atoms. The highest BCUT2D eigenvalue weighted by atomic mass is 32.2. The zero-order chi connectivity index (χ0) is 24.5. The van der Waals surface area contributed by atoms with E-state index in [0.717, 1.165) is 34.3 Å². The minimum absolute atomic E-state index is 0.0101. The highest BCUT2D eigenvalue weighted by molar-refractivity contribution is 7.99. The second kappa shape index (κ2) is 12.2. The topological polar surface area (TPSA) is 69.0 Å². The van der Waals surface area contributed by atoms with Gasteiger partial charge in [-0.1, -0.05) is 78.0 Å². The zero-order valence-electron chi connectivity index (χ0n) is 20.1. The molecule has 1 amide bonds. The molecule has 4 rings (SSSR count). The van der Waals surface area contributed by atoms with Gasteiger partial charge in [0.05, 0.1) is 19.3 Å². The van der Waals surface area contributed by atoms with Crippen molar-refractivity contribution in [2.24, 2.45) is 0 Å². The van der Waals surface area contributed by atoms with E-state index in [-0.39, 0.29) is 5.91 Å². The minimum atomic E-state index is -0.0101. The van der Waals surface area contributed by atoms with Crippen molar-refractivity contribution in [3.05, 3.63) is 101 Å². The van der Waals surface area contributed by atoms with Crippen molar-refractivity contribution < 1.29 is 9.53 Å². The highest BCUT2D eigenvalue weighted by Gasteiger charge is 2.16. The fourth-order valence-electron chi connectivity index (χ4n) is 3.70. The fraction of sp³-hybridized carbons (Fsp3) is 0.250. The number of ether oxygens (including phenoxy) is 1. The molecule has 0 unspecified atom stereocenters. The summed E-state index contributed by atoms with van der Waals surface area (Å²) in [5.41, 5.74) is 4.56. The van der Waals surface area contributed by atoms with Crippen LogP contribution in [0, 0.1) is 6.92 Å². The average Bonchev–Trinajstić information content (AvgIpc) is 3.30. The number of thioether (sulfide) groups is 1. The van der Waals surface area contributed by atoms with Crippen molar-refractivity contribution in [2.45, 2.75) is 37.9 Å². The Morgan fingerprint density at radius 3 is 2.49 bits per heavy atom. The number of nitrogens with one attached hydrogen (secondary N) is 1. The van der Waals surface area contributed by atoms with Gasteiger partial charge in [0, 0.05) is 18.2 Å². The Hall–Kier alpha value is -3.58. The third-order valence-corrected chi connectivity index (χ3v) is 6.61. The third kappa shape index (κ3) is 6.96. The molecule has 0 radical (unpaired) electrons. The Kier molecular flexibility index (Phi) is 8.57. The van der Waals surface area contributed by atoms with E-state index in [1.807, 2.05) is 34.9 Å². The van der Waals surface area contributed by atoms with Crippen LogP contribution in [0.4, 0.5) is 0 Å². The number of hydrogen-bond acceptors (Lipinski definition) is 5. The van der Waals surface area contributed by atoms with E-state index >= 15 is 0 Å². The lowest BCUT2D eigenvalue weighted by Gasteiger charge is -2.12. The smallest absolute Gasteiger partial charge is 0.220 e. The Morgan fingerprint density at radius 1 is 0.943 bits per heavy atom. The Morgan fingerprint density at radius 2 is 1.71 bits per heavy atom. The van der Waals surface area contributed by atoms with Gasteiger partial charge in [0.1, 0.15) is 5.75 Å². The molecule has 0 aliphatic heterocycles. The molecule has 0 saturated carbocycles. The maximum Gasteiger partial charge on any atom is 0.220 e. The molecule has 7 heteroatoms. The van der Waals surface area contributed by atoms with Crippen molar-refractivity contribution in [2.75, 3.05) is 12.9 Å². The van der Waals surface area contributed by atoms with Gasteiger partial charge in [0.2, 0.25) is 5.91 Å². The molecule has 180 valence electrons. The molecular formula is C28H30N4O2S. The number of nitrogens with zero attached hydrogens (tertiary/aromatic N) is 3. The average molecular weight is 487 g/mol. The molecule has 0 aliphatic carbocycles. The molecule has 0 spiro atoms. The predicted molar refractivity (Wildman–Crippen MR) is 140 cm³/mol. The molecule has 6 nitrogen and oxygen atoms in total. The van der Waals surface area contributed by atoms with Gasteiger partial charge in [0.25, 0.3) is 0 Å². The molecule has 3 aromatic carbocycles. The lowest BCUT2D eigenvalue weighted by atomic mass is 10.1. The second-order valence-electron chi connectivity index (χ2n) is 8.28. The van der Waals surface area contributed by atoms with Crippen molar-refractivity contribution in [1.29, 1.82) is 0 Å². The first-order valence-electron chi connectivity index (χ1n) is 11.7. The molecule has 4 aromatic rings. The summed E-state index contributed by atoms with van der Waals surface area (Å²) < 4.78 is 7.42. The van der Waals surface area contributed by atoms with Crippen LogP contribution in [0.3, 0.4) is 0 Å². The minimum Gasteiger partial charge on any atom is -0.497 e. The van der Waals surface area contributed by atoms with Crippen molar-refractivity contribution in [3.8, 4) is 11.4 Å². The summed E-state index contributed by atoms with van der Waals surface area (Å²) >= 11 is 1.65. The number of rotatable bonds is 11. The van der Waals surface area contributed by atoms with Crippen LogP contribution in [0.2, 0.25) is 0 Å². The number of carbonyl (C=O) groups excluding carboxylic acids is 1. The summed E-state index contributed by atoms with van der Waals surface area (Å²) in [7, 11) is 1.65. The van der Waals surface area contributed by atoms with Crippen molar-refractivity contribution >= 4 is 17.7 Å². The summed E-state index contributed by atoms with van der Waals surface area (Å²) in [6.45, 7) is 2.36. The number of carbonyl (C=O) groups is 1. The maximum atomic E-state index is 12.5. The summed E-state index contributed by atoms with van der Waals surface area (Å²) in [5.74, 6) is 2.30. The number of aromatic nitrogens is 3. The Labute approximate surface area is 210 Å². The van der Waals surface area contributed by atoms with Crippen molar-refractivity contribution in [1.82, 2.24) is 20.1 Å². The van der Waals surface area contributed by atoms with E-state index in [9.17, 15) is 4.79 Å². The van der Waals surface area contributed by atoms with Crippen molar-refractivity contribution in [3.63, 3.8) is 0 Å². The van der Waals surface area contributed by atoms with Gasteiger partial charge in [0.15, 0.2) is 11.0 Å². The van der Waals surface area contributed by atoms with E-state index in [2.05, 4.69) is 71.0 Å². The summed E-state index contributed by atoms with van der Waals surface area (Å²) in [6, 6.07) is 26.5. The number of benzene rings is 3. The van der Waals surface area contributed by atoms with E-state index in [0.29, 0.717) is 25.2 Å². The molecule has 0 atom stereocenters. The van der Waals surface area contributed by atoms with Gasteiger partial charge in [-0.15, -0.1) is 10.2 Å². The van der Waals surface area contributed by atoms with E-state index < -0.39 is 0 Å². The molecule has 0 fully saturated rings. The molecule has 1 aromatic heterocycles. The summed E-state index contributed by atoms with van der Waals surface area (Å²) in [6.07, 6.45) is 2.06. The standard InChI is InChI=1S/C28H30N4O2S/c1-21-11-13-23(14-12-21)15-16-27(33)29-20-26-30-31-28(35-18-17-22-7-4-3-5-8-22)32(26)24-9-6-10-25(19-24)34-2/h3-14,19H,15-18,20H2,1-2H3,(H,29,33). The van der Waals surface area contributed by atoms with Gasteiger partial charge in [-0.25, -0.2) is 0 Å². The second-order valence-corrected chi connectivity index (χ2v) is 9.34. The molecule has 1 N–H and O–H groups in total. The largest absolute Gasteiger partial charge is 0.497 e. The SMILES string of the molecule is COc1cccc(-n2c(CNC(=O)CCc3ccc(C)cc3)nnc2SCCc2ccccc2)c1. The van der Waals surface area contributed by atoms with Crippen LogP contribution in [0.1, 0.15) is 28.9 Å². The Balaban J connectivity index is 1.44. The molecule has 0 saturated heterocycles. The van der Waals surface area contributed by atoms with Gasteiger partial charge in [-0.3, -0.25) is 9.36 Å². The lowest BCUT2D eigenvalue weighted by molar-refractivity contribution is -0.121. The van der Waals surface area contributed by atoms with Crippen LogP contribution in [0.5, 0.6) is 5.75 Å². The van der Waals surface area contributed by atoms with Gasteiger partial charge >= 0.3 is 0 Å². The molecule has 0 aliphatic rings. The number of aryl methyl sites for hydroxylation is 3. The van der Waals surface area contributed by atoms with Gasteiger partial charge in [-0.05, 0) is 43.0 Å². The number of hydrogen-bond donors (Lipinski definition) is 1. The van der Waals surface area contributed by atoms with Crippen LogP contribution in [0.25, 0.3) is 5.69 Å². The number of methoxy groups -OCH3 is 1. The normalized spacial score (nSPS) is 10.8. The van der Waals surface area contributed by atoms with Gasteiger partial charge < -0.3 is 10.1 Å². The predicted octanol–water partition coefficient (Wildman–Crippen LogP) is 5.17. The van der Waals surface area contributed by atoms with E-state index in [1.165, 1.54) is 11.1 Å². The first-order valence-corrected chi connectivity index (χ1v) is 12.7. The first-order chi connectivity index (χ1) is 17.1. The lowest BCUT2D eigenvalue weighted by Crippen LogP contribution is -2.25. The third-order valence-electron chi connectivity index (χ3n) is 5.68. The van der Waals surface area contributed by atoms with Crippen LogP contribution in [-0.2, 0) is 24.2 Å². The monoisotopic (exact) mass is 486 g/mol. The highest BCUT2D eigenvalue weighted by Crippen LogP contribution is 2.25. The van der Waals surface area contributed by atoms with Crippen LogP contribution < -0.4 is 10.1 Å². The van der Waals surface area contributed by atoms with Crippen LogP contribution in [-0.4, -0.2) is 33.5 Å². The van der Waals surface area contributed by atoms with Gasteiger partial charge in [-0.2, -0.15) is 0 Å². The molecule has 1 heterocycles. The fourth-order valence-corrected chi connectivity index (χ4v) is 4.66. The number of amides is 1. The Bertz CT molecular complexity index is 1240. The first kappa shape index (κ1) is 24.5. The van der Waals surface area contributed by atoms with E-state index in [1.54, 1.807) is 18.9 Å². The summed E-state index contributed by atoms with van der Waals surface area (Å²) in [4.78, 5) is 12.5. The van der Waals surface area contributed by atoms with Crippen LogP contribution >= 0.6 is 11.8 Å². The summed E-state index contributed by atoms with van der Waals surface area (Å²) in [5, 5.41) is 12.7. The van der Waals surface area contributed by atoms with Crippen LogP contribution in [0.15, 0.2) is 84.0 Å². The maximum absolute atomic E-state index is 12.5. The molecular weight excluding hydrogens is 456 g/mol.